The van der Waals surface area contributed by atoms with Crippen LogP contribution in [0.3, 0.4) is 0 Å². The van der Waals surface area contributed by atoms with Crippen LogP contribution in [0.1, 0.15) is 36.6 Å². The predicted octanol–water partition coefficient (Wildman–Crippen LogP) is 3.19. The summed E-state index contributed by atoms with van der Waals surface area (Å²) in [6, 6.07) is 10.2. The Hall–Kier alpha value is -1.92. The molecule has 5 nitrogen and oxygen atoms in total. The van der Waals surface area contributed by atoms with Crippen molar-refractivity contribution in [1.29, 1.82) is 0 Å². The summed E-state index contributed by atoms with van der Waals surface area (Å²) in [5.74, 6) is 0. The smallest absolute Gasteiger partial charge is 0.214 e. The summed E-state index contributed by atoms with van der Waals surface area (Å²) in [5, 5.41) is 16.2. The summed E-state index contributed by atoms with van der Waals surface area (Å²) >= 11 is 1.63. The molecule has 1 aliphatic rings. The molecule has 6 heteroatoms. The molecule has 2 atom stereocenters. The number of aromatic nitrogens is 3. The first-order chi connectivity index (χ1) is 11.2. The Bertz CT molecular complexity index is 766. The van der Waals surface area contributed by atoms with E-state index in [1.54, 1.807) is 11.3 Å². The molecule has 1 N–H and O–H groups in total. The molecule has 0 spiro atoms. The molecular formula is C17H20N4OS. The van der Waals surface area contributed by atoms with Crippen LogP contribution in [0.25, 0.3) is 4.96 Å². The van der Waals surface area contributed by atoms with E-state index in [2.05, 4.69) is 15.0 Å². The van der Waals surface area contributed by atoms with Crippen molar-refractivity contribution in [3.63, 3.8) is 0 Å². The van der Waals surface area contributed by atoms with Crippen LogP contribution in [0.5, 0.6) is 0 Å². The second-order valence-electron chi connectivity index (χ2n) is 6.15. The molecule has 0 aliphatic carbocycles. The second-order valence-corrected chi connectivity index (χ2v) is 7.08. The van der Waals surface area contributed by atoms with Crippen molar-refractivity contribution in [3.05, 3.63) is 47.8 Å². The normalized spacial score (nSPS) is 19.6. The van der Waals surface area contributed by atoms with Gasteiger partial charge < -0.3 is 10.0 Å². The third-order valence-corrected chi connectivity index (χ3v) is 5.42. The highest BCUT2D eigenvalue weighted by molar-refractivity contribution is 7.20. The fraction of sp³-hybridized carbons (Fsp3) is 0.412. The number of rotatable bonds is 4. The second kappa shape index (κ2) is 5.94. The molecule has 0 saturated carbocycles. The van der Waals surface area contributed by atoms with Gasteiger partial charge in [-0.05, 0) is 31.7 Å². The van der Waals surface area contributed by atoms with Gasteiger partial charge >= 0.3 is 0 Å². The van der Waals surface area contributed by atoms with Gasteiger partial charge in [0, 0.05) is 12.6 Å². The molecule has 1 fully saturated rings. The van der Waals surface area contributed by atoms with Crippen LogP contribution >= 0.6 is 11.3 Å². The van der Waals surface area contributed by atoms with Gasteiger partial charge in [-0.25, -0.2) is 9.50 Å². The van der Waals surface area contributed by atoms with Crippen molar-refractivity contribution in [2.45, 2.75) is 38.3 Å². The van der Waals surface area contributed by atoms with Gasteiger partial charge in [0.05, 0.1) is 18.0 Å². The maximum atomic E-state index is 10.5. The molecule has 4 rings (SSSR count). The molecule has 3 aromatic rings. The van der Waals surface area contributed by atoms with Crippen molar-refractivity contribution in [2.24, 2.45) is 0 Å². The molecule has 0 bridgehead atoms. The highest BCUT2D eigenvalue weighted by Crippen LogP contribution is 2.33. The summed E-state index contributed by atoms with van der Waals surface area (Å²) in [6.07, 6.45) is 4.52. The number of nitrogens with zero attached hydrogens (tertiary/aromatic N) is 4. The Labute approximate surface area is 139 Å². The van der Waals surface area contributed by atoms with Crippen molar-refractivity contribution in [2.75, 3.05) is 11.4 Å². The lowest BCUT2D eigenvalue weighted by Crippen LogP contribution is -2.30. The SMILES string of the molecule is Cc1cn2nc(N3CCC[C@H]3C[C@@H](O)c3ccccc3)sc2n1. The molecule has 23 heavy (non-hydrogen) atoms. The van der Waals surface area contributed by atoms with Gasteiger partial charge in [-0.3, -0.25) is 0 Å². The van der Waals surface area contributed by atoms with E-state index in [-0.39, 0.29) is 0 Å². The first-order valence-corrected chi connectivity index (χ1v) is 8.85. The predicted molar refractivity (Wildman–Crippen MR) is 92.0 cm³/mol. The van der Waals surface area contributed by atoms with E-state index >= 15 is 0 Å². The highest BCUT2D eigenvalue weighted by Gasteiger charge is 2.29. The van der Waals surface area contributed by atoms with E-state index in [4.69, 9.17) is 0 Å². The molecule has 120 valence electrons. The standard InChI is InChI=1S/C17H20N4OS/c1-12-11-21-16(18-12)23-17(19-21)20-9-5-8-14(20)10-15(22)13-6-3-2-4-7-13/h2-4,6-7,11,14-15,22H,5,8-10H2,1H3/t14-,15+/m0/s1. The first-order valence-electron chi connectivity index (χ1n) is 8.03. The Morgan fingerprint density at radius 1 is 1.35 bits per heavy atom. The summed E-state index contributed by atoms with van der Waals surface area (Å²) < 4.78 is 1.86. The quantitative estimate of drug-likeness (QED) is 0.799. The van der Waals surface area contributed by atoms with Crippen LogP contribution in [-0.2, 0) is 0 Å². The molecule has 0 unspecified atom stereocenters. The average Bonchev–Trinajstić information content (AvgIpc) is 3.22. The molecule has 1 aliphatic heterocycles. The van der Waals surface area contributed by atoms with Gasteiger partial charge in [-0.2, -0.15) is 0 Å². The van der Waals surface area contributed by atoms with Crippen LogP contribution in [0, 0.1) is 6.92 Å². The van der Waals surface area contributed by atoms with E-state index in [0.717, 1.165) is 47.2 Å². The minimum atomic E-state index is -0.423. The van der Waals surface area contributed by atoms with E-state index in [9.17, 15) is 5.11 Å². The largest absolute Gasteiger partial charge is 0.388 e. The molecule has 1 aromatic carbocycles. The van der Waals surface area contributed by atoms with Crippen molar-refractivity contribution in [1.82, 2.24) is 14.6 Å². The minimum Gasteiger partial charge on any atom is -0.388 e. The van der Waals surface area contributed by atoms with Gasteiger partial charge in [0.2, 0.25) is 10.1 Å². The van der Waals surface area contributed by atoms with Gasteiger partial charge in [0.1, 0.15) is 0 Å². The van der Waals surface area contributed by atoms with Crippen LogP contribution in [0.2, 0.25) is 0 Å². The van der Waals surface area contributed by atoms with Crippen LogP contribution in [0.15, 0.2) is 36.5 Å². The van der Waals surface area contributed by atoms with Gasteiger partial charge in [0.25, 0.3) is 0 Å². The number of aliphatic hydroxyl groups is 1. The van der Waals surface area contributed by atoms with Crippen molar-refractivity contribution < 1.29 is 5.11 Å². The number of benzene rings is 1. The Morgan fingerprint density at radius 2 is 2.17 bits per heavy atom. The highest BCUT2D eigenvalue weighted by atomic mass is 32.1. The van der Waals surface area contributed by atoms with E-state index in [0.29, 0.717) is 6.04 Å². The Balaban J connectivity index is 1.53. The summed E-state index contributed by atoms with van der Waals surface area (Å²) in [7, 11) is 0. The lowest BCUT2D eigenvalue weighted by Gasteiger charge is -2.25. The summed E-state index contributed by atoms with van der Waals surface area (Å²) in [4.78, 5) is 7.75. The molecule has 0 radical (unpaired) electrons. The van der Waals surface area contributed by atoms with Gasteiger partial charge in [-0.1, -0.05) is 41.7 Å². The van der Waals surface area contributed by atoms with Crippen LogP contribution in [-0.4, -0.2) is 32.3 Å². The zero-order valence-electron chi connectivity index (χ0n) is 13.1. The number of fused-ring (bicyclic) bond motifs is 1. The topological polar surface area (TPSA) is 53.7 Å². The van der Waals surface area contributed by atoms with Gasteiger partial charge in [-0.15, -0.1) is 5.10 Å². The molecule has 1 saturated heterocycles. The average molecular weight is 328 g/mol. The van der Waals surface area contributed by atoms with Crippen LogP contribution < -0.4 is 4.90 Å². The maximum absolute atomic E-state index is 10.5. The molecule has 2 aromatic heterocycles. The maximum Gasteiger partial charge on any atom is 0.214 e. The van der Waals surface area contributed by atoms with Crippen molar-refractivity contribution >= 4 is 21.4 Å². The van der Waals surface area contributed by atoms with Crippen LogP contribution in [0.4, 0.5) is 5.13 Å². The number of imidazole rings is 1. The zero-order chi connectivity index (χ0) is 15.8. The Kier molecular flexibility index (Phi) is 3.79. The monoisotopic (exact) mass is 328 g/mol. The van der Waals surface area contributed by atoms with Crippen molar-refractivity contribution in [3.8, 4) is 0 Å². The fourth-order valence-corrected chi connectivity index (χ4v) is 4.34. The first kappa shape index (κ1) is 14.7. The van der Waals surface area contributed by atoms with E-state index < -0.39 is 6.10 Å². The summed E-state index contributed by atoms with van der Waals surface area (Å²) in [6.45, 7) is 2.98. The number of anilines is 1. The number of aryl methyl sites for hydroxylation is 1. The zero-order valence-corrected chi connectivity index (χ0v) is 13.9. The van der Waals surface area contributed by atoms with Gasteiger partial charge in [0.15, 0.2) is 0 Å². The molecule has 3 heterocycles. The minimum absolute atomic E-state index is 0.335. The number of hydrogen-bond donors (Lipinski definition) is 1. The molecular weight excluding hydrogens is 308 g/mol. The third-order valence-electron chi connectivity index (χ3n) is 4.46. The lowest BCUT2D eigenvalue weighted by atomic mass is 10.0. The van der Waals surface area contributed by atoms with E-state index in [1.807, 2.05) is 48.0 Å². The Morgan fingerprint density at radius 3 is 2.96 bits per heavy atom. The fourth-order valence-electron chi connectivity index (χ4n) is 3.32. The lowest BCUT2D eigenvalue weighted by molar-refractivity contribution is 0.158. The number of hydrogen-bond acceptors (Lipinski definition) is 5. The van der Waals surface area contributed by atoms with E-state index in [1.165, 1.54) is 0 Å². The number of aliphatic hydroxyl groups excluding tert-OH is 1. The third kappa shape index (κ3) is 2.84. The summed E-state index contributed by atoms with van der Waals surface area (Å²) in [5.41, 5.74) is 1.98. The molecule has 0 amide bonds.